The maximum Gasteiger partial charge on any atom is 0.378 e. The van der Waals surface area contributed by atoms with Crippen LogP contribution in [0, 0.1) is 6.92 Å². The fourth-order valence-corrected chi connectivity index (χ4v) is 4.38. The molecule has 1 aliphatic heterocycles. The Hall–Kier alpha value is -4.53. The standard InChI is InChI=1S/C25H20N6O3/c1-3-33-25(32)21-27-22-20-19(16-10-6-4-7-11-16)18-15(2)28-31(17-12-8-5-9-13-17)24(18)34-23(20)26-14-30(22)29-21/h4-14,19H,3H2,1-2H3/t19-/m0/s1. The summed E-state index contributed by atoms with van der Waals surface area (Å²) < 4.78 is 14.7. The predicted molar refractivity (Wildman–Crippen MR) is 123 cm³/mol. The highest BCUT2D eigenvalue weighted by molar-refractivity contribution is 5.86. The molecule has 0 saturated heterocycles. The number of fused-ring (bicyclic) bond motifs is 4. The Kier molecular flexibility index (Phi) is 4.61. The second-order valence-electron chi connectivity index (χ2n) is 7.88. The quantitative estimate of drug-likeness (QED) is 0.372. The molecule has 5 aromatic rings. The Morgan fingerprint density at radius 1 is 1.03 bits per heavy atom. The van der Waals surface area contributed by atoms with Gasteiger partial charge >= 0.3 is 5.97 Å². The largest absolute Gasteiger partial charge is 0.460 e. The average Bonchev–Trinajstić information content (AvgIpc) is 3.45. The van der Waals surface area contributed by atoms with E-state index in [-0.39, 0.29) is 18.3 Å². The third-order valence-corrected chi connectivity index (χ3v) is 5.81. The number of hydrogen-bond acceptors (Lipinski definition) is 7. The molecule has 4 heterocycles. The van der Waals surface area contributed by atoms with Gasteiger partial charge in [-0.2, -0.15) is 5.10 Å². The number of esters is 1. The first kappa shape index (κ1) is 20.1. The first-order valence-corrected chi connectivity index (χ1v) is 11.0. The summed E-state index contributed by atoms with van der Waals surface area (Å²) in [6, 6.07) is 19.9. The molecule has 0 unspecified atom stereocenters. The van der Waals surface area contributed by atoms with Crippen LogP contribution in [0.2, 0.25) is 0 Å². The van der Waals surface area contributed by atoms with Gasteiger partial charge in [-0.3, -0.25) is 0 Å². The van der Waals surface area contributed by atoms with Crippen LogP contribution >= 0.6 is 0 Å². The Balaban J connectivity index is 1.61. The van der Waals surface area contributed by atoms with Crippen LogP contribution in [0.1, 0.15) is 45.8 Å². The molecule has 1 aliphatic rings. The lowest BCUT2D eigenvalue weighted by molar-refractivity contribution is 0.0512. The lowest BCUT2D eigenvalue weighted by Gasteiger charge is -2.26. The maximum atomic E-state index is 12.3. The second-order valence-corrected chi connectivity index (χ2v) is 7.88. The van der Waals surface area contributed by atoms with E-state index in [9.17, 15) is 4.79 Å². The van der Waals surface area contributed by atoms with Crippen LogP contribution in [0.4, 0.5) is 0 Å². The van der Waals surface area contributed by atoms with Crippen molar-refractivity contribution in [3.63, 3.8) is 0 Å². The van der Waals surface area contributed by atoms with Crippen LogP contribution in [0.5, 0.6) is 11.8 Å². The number of para-hydroxylation sites is 1. The number of aromatic nitrogens is 6. The Morgan fingerprint density at radius 3 is 2.50 bits per heavy atom. The lowest BCUT2D eigenvalue weighted by Crippen LogP contribution is -2.16. The van der Waals surface area contributed by atoms with Crippen molar-refractivity contribution < 1.29 is 14.3 Å². The van der Waals surface area contributed by atoms with Gasteiger partial charge in [-0.05, 0) is 31.5 Å². The Bertz CT molecular complexity index is 1530. The van der Waals surface area contributed by atoms with Crippen molar-refractivity contribution in [1.29, 1.82) is 0 Å². The first-order chi connectivity index (χ1) is 16.7. The minimum atomic E-state index is -0.582. The van der Waals surface area contributed by atoms with E-state index in [0.29, 0.717) is 17.4 Å². The van der Waals surface area contributed by atoms with Crippen molar-refractivity contribution >= 4 is 11.6 Å². The minimum Gasteiger partial charge on any atom is -0.460 e. The highest BCUT2D eigenvalue weighted by atomic mass is 16.5. The molecule has 1 atom stereocenters. The Morgan fingerprint density at radius 2 is 1.76 bits per heavy atom. The number of rotatable bonds is 4. The number of aryl methyl sites for hydroxylation is 1. The van der Waals surface area contributed by atoms with Crippen LogP contribution in [0.25, 0.3) is 11.3 Å². The van der Waals surface area contributed by atoms with Crippen molar-refractivity contribution in [1.82, 2.24) is 29.4 Å². The smallest absolute Gasteiger partial charge is 0.378 e. The number of carbonyl (C=O) groups is 1. The van der Waals surface area contributed by atoms with Gasteiger partial charge in [0.1, 0.15) is 6.33 Å². The molecule has 2 aromatic carbocycles. The number of benzene rings is 2. The van der Waals surface area contributed by atoms with E-state index in [1.807, 2.05) is 55.5 Å². The second kappa shape index (κ2) is 7.80. The highest BCUT2D eigenvalue weighted by Gasteiger charge is 2.38. The molecular weight excluding hydrogens is 432 g/mol. The fourth-order valence-electron chi connectivity index (χ4n) is 4.38. The van der Waals surface area contributed by atoms with E-state index in [0.717, 1.165) is 28.1 Å². The van der Waals surface area contributed by atoms with Gasteiger partial charge < -0.3 is 9.47 Å². The lowest BCUT2D eigenvalue weighted by atomic mass is 9.84. The summed E-state index contributed by atoms with van der Waals surface area (Å²) in [5.74, 6) is 0.127. The first-order valence-electron chi connectivity index (χ1n) is 11.0. The third-order valence-electron chi connectivity index (χ3n) is 5.81. The molecular formula is C25H20N6O3. The summed E-state index contributed by atoms with van der Waals surface area (Å²) in [6.45, 7) is 3.94. The molecule has 0 bridgehead atoms. The van der Waals surface area contributed by atoms with Gasteiger partial charge in [0, 0.05) is 0 Å². The van der Waals surface area contributed by atoms with Crippen molar-refractivity contribution in [2.24, 2.45) is 0 Å². The molecule has 168 valence electrons. The summed E-state index contributed by atoms with van der Waals surface area (Å²) in [6.07, 6.45) is 1.49. The molecule has 0 spiro atoms. The van der Waals surface area contributed by atoms with Crippen LogP contribution in [-0.2, 0) is 4.74 Å². The molecule has 34 heavy (non-hydrogen) atoms. The number of ether oxygens (including phenoxy) is 2. The van der Waals surface area contributed by atoms with E-state index in [1.54, 1.807) is 11.6 Å². The SMILES string of the molecule is CCOC(=O)c1nc2c3c(ncn2n1)Oc1c(c(C)nn1-c1ccccc1)[C@@H]3c1ccccc1. The molecule has 0 aliphatic carbocycles. The van der Waals surface area contributed by atoms with E-state index in [4.69, 9.17) is 14.6 Å². The van der Waals surface area contributed by atoms with Crippen molar-refractivity contribution in [2.45, 2.75) is 19.8 Å². The minimum absolute atomic E-state index is 0.0219. The third kappa shape index (κ3) is 3.05. The summed E-state index contributed by atoms with van der Waals surface area (Å²) in [5.41, 5.74) is 4.86. The van der Waals surface area contributed by atoms with Crippen LogP contribution in [0.15, 0.2) is 67.0 Å². The van der Waals surface area contributed by atoms with Gasteiger partial charge in [0.15, 0.2) is 5.65 Å². The van der Waals surface area contributed by atoms with Gasteiger partial charge in [0.2, 0.25) is 11.8 Å². The number of nitrogens with zero attached hydrogens (tertiary/aromatic N) is 6. The van der Waals surface area contributed by atoms with Crippen molar-refractivity contribution in [3.05, 3.63) is 95.2 Å². The van der Waals surface area contributed by atoms with Crippen LogP contribution < -0.4 is 4.74 Å². The van der Waals surface area contributed by atoms with Gasteiger partial charge in [0.25, 0.3) is 5.82 Å². The van der Waals surface area contributed by atoms with E-state index < -0.39 is 5.97 Å². The summed E-state index contributed by atoms with van der Waals surface area (Å²) >= 11 is 0. The molecule has 0 N–H and O–H groups in total. The van der Waals surface area contributed by atoms with E-state index in [2.05, 4.69) is 27.2 Å². The normalized spacial score (nSPS) is 14.4. The summed E-state index contributed by atoms with van der Waals surface area (Å²) in [4.78, 5) is 21.4. The van der Waals surface area contributed by atoms with Crippen LogP contribution in [0.3, 0.4) is 0 Å². The molecule has 6 rings (SSSR count). The van der Waals surface area contributed by atoms with Gasteiger partial charge in [-0.1, -0.05) is 48.5 Å². The molecule has 0 fully saturated rings. The number of carbonyl (C=O) groups excluding carboxylic acids is 1. The van der Waals surface area contributed by atoms with Crippen molar-refractivity contribution in [2.75, 3.05) is 6.61 Å². The van der Waals surface area contributed by atoms with Gasteiger partial charge in [0.05, 0.1) is 35.0 Å². The zero-order chi connectivity index (χ0) is 23.2. The number of hydrogen-bond donors (Lipinski definition) is 0. The van der Waals surface area contributed by atoms with E-state index in [1.165, 1.54) is 10.8 Å². The Labute approximate surface area is 194 Å². The molecule has 0 saturated carbocycles. The summed E-state index contributed by atoms with van der Waals surface area (Å²) in [7, 11) is 0. The molecule has 9 heteroatoms. The highest BCUT2D eigenvalue weighted by Crippen LogP contribution is 2.49. The fraction of sp³-hybridized carbons (Fsp3) is 0.160. The zero-order valence-electron chi connectivity index (χ0n) is 18.5. The van der Waals surface area contributed by atoms with Gasteiger partial charge in [-0.15, -0.1) is 5.10 Å². The monoisotopic (exact) mass is 452 g/mol. The van der Waals surface area contributed by atoms with Crippen LogP contribution in [-0.4, -0.2) is 41.9 Å². The summed E-state index contributed by atoms with van der Waals surface area (Å²) in [5, 5.41) is 9.10. The molecule has 9 nitrogen and oxygen atoms in total. The molecule has 0 radical (unpaired) electrons. The topological polar surface area (TPSA) is 96.4 Å². The van der Waals surface area contributed by atoms with Gasteiger partial charge in [-0.25, -0.2) is 24.0 Å². The molecule has 3 aromatic heterocycles. The molecule has 0 amide bonds. The average molecular weight is 452 g/mol. The zero-order valence-corrected chi connectivity index (χ0v) is 18.5. The predicted octanol–water partition coefficient (Wildman–Crippen LogP) is 4.08. The maximum absolute atomic E-state index is 12.3. The van der Waals surface area contributed by atoms with Crippen molar-refractivity contribution in [3.8, 4) is 17.4 Å². The van der Waals surface area contributed by atoms with E-state index >= 15 is 0 Å².